The Hall–Kier alpha value is -1.46. The molecule has 0 bridgehead atoms. The SMILES string of the molecule is Cn1ccc(NC(=O)CCSc2ccc(Cl)cc2)n1. The molecule has 0 atom stereocenters. The molecular weight excluding hydrogens is 282 g/mol. The van der Waals surface area contributed by atoms with Gasteiger partial charge in [0.2, 0.25) is 5.91 Å². The second kappa shape index (κ2) is 6.63. The van der Waals surface area contributed by atoms with Gasteiger partial charge in [0, 0.05) is 41.4 Å². The third-order valence-corrected chi connectivity index (χ3v) is 3.66. The zero-order chi connectivity index (χ0) is 13.7. The van der Waals surface area contributed by atoms with Crippen LogP contribution in [0.4, 0.5) is 5.82 Å². The van der Waals surface area contributed by atoms with Gasteiger partial charge in [0.15, 0.2) is 5.82 Å². The van der Waals surface area contributed by atoms with E-state index in [-0.39, 0.29) is 5.91 Å². The molecule has 6 heteroatoms. The van der Waals surface area contributed by atoms with Crippen molar-refractivity contribution < 1.29 is 4.79 Å². The van der Waals surface area contributed by atoms with Crippen molar-refractivity contribution in [1.82, 2.24) is 9.78 Å². The van der Waals surface area contributed by atoms with Gasteiger partial charge in [0.1, 0.15) is 0 Å². The minimum Gasteiger partial charge on any atom is -0.309 e. The fraction of sp³-hybridized carbons (Fsp3) is 0.231. The van der Waals surface area contributed by atoms with E-state index in [0.717, 1.165) is 15.7 Å². The molecule has 0 radical (unpaired) electrons. The minimum absolute atomic E-state index is 0.0276. The highest BCUT2D eigenvalue weighted by Gasteiger charge is 2.04. The first-order valence-electron chi connectivity index (χ1n) is 5.81. The van der Waals surface area contributed by atoms with Crippen LogP contribution in [0, 0.1) is 0 Å². The Morgan fingerprint density at radius 2 is 2.11 bits per heavy atom. The Kier molecular flexibility index (Phi) is 4.87. The van der Waals surface area contributed by atoms with Crippen LogP contribution in [0.15, 0.2) is 41.4 Å². The van der Waals surface area contributed by atoms with E-state index in [9.17, 15) is 4.79 Å². The first kappa shape index (κ1) is 14.0. The zero-order valence-corrected chi connectivity index (χ0v) is 12.0. The number of rotatable bonds is 5. The van der Waals surface area contributed by atoms with Crippen LogP contribution in [0.25, 0.3) is 0 Å². The number of aromatic nitrogens is 2. The van der Waals surface area contributed by atoms with Crippen LogP contribution in [0.2, 0.25) is 5.02 Å². The van der Waals surface area contributed by atoms with Gasteiger partial charge >= 0.3 is 0 Å². The summed E-state index contributed by atoms with van der Waals surface area (Å²) < 4.78 is 1.65. The lowest BCUT2D eigenvalue weighted by molar-refractivity contribution is -0.115. The summed E-state index contributed by atoms with van der Waals surface area (Å²) in [5, 5.41) is 7.56. The van der Waals surface area contributed by atoms with Gasteiger partial charge in [-0.3, -0.25) is 9.48 Å². The summed E-state index contributed by atoms with van der Waals surface area (Å²) in [5.41, 5.74) is 0. The topological polar surface area (TPSA) is 46.9 Å². The number of amides is 1. The first-order valence-corrected chi connectivity index (χ1v) is 7.18. The number of carbonyl (C=O) groups excluding carboxylic acids is 1. The van der Waals surface area contributed by atoms with E-state index in [2.05, 4.69) is 10.4 Å². The maximum atomic E-state index is 11.7. The Labute approximate surface area is 121 Å². The smallest absolute Gasteiger partial charge is 0.226 e. The molecule has 4 nitrogen and oxygen atoms in total. The molecule has 0 saturated carbocycles. The van der Waals surface area contributed by atoms with Crippen LogP contribution in [0.3, 0.4) is 0 Å². The molecule has 0 unspecified atom stereocenters. The first-order chi connectivity index (χ1) is 9.13. The molecule has 0 aliphatic heterocycles. The van der Waals surface area contributed by atoms with Gasteiger partial charge in [0.25, 0.3) is 0 Å². The van der Waals surface area contributed by atoms with E-state index >= 15 is 0 Å². The van der Waals surface area contributed by atoms with E-state index in [1.54, 1.807) is 28.7 Å². The third-order valence-electron chi connectivity index (χ3n) is 2.39. The normalized spacial score (nSPS) is 10.4. The van der Waals surface area contributed by atoms with Gasteiger partial charge in [0.05, 0.1) is 0 Å². The highest BCUT2D eigenvalue weighted by Crippen LogP contribution is 2.21. The lowest BCUT2D eigenvalue weighted by Crippen LogP contribution is -2.12. The van der Waals surface area contributed by atoms with Crippen LogP contribution < -0.4 is 5.32 Å². The van der Waals surface area contributed by atoms with E-state index in [1.165, 1.54) is 0 Å². The van der Waals surface area contributed by atoms with Crippen LogP contribution in [0.1, 0.15) is 6.42 Å². The molecular formula is C13H14ClN3OS. The van der Waals surface area contributed by atoms with Gasteiger partial charge in [-0.25, -0.2) is 0 Å². The third kappa shape index (κ3) is 4.61. The molecule has 0 fully saturated rings. The van der Waals surface area contributed by atoms with E-state index < -0.39 is 0 Å². The van der Waals surface area contributed by atoms with Gasteiger partial charge < -0.3 is 5.32 Å². The number of carbonyl (C=O) groups is 1. The summed E-state index contributed by atoms with van der Waals surface area (Å²) in [6, 6.07) is 9.35. The van der Waals surface area contributed by atoms with Crippen LogP contribution in [0.5, 0.6) is 0 Å². The Balaban J connectivity index is 1.73. The van der Waals surface area contributed by atoms with Gasteiger partial charge in [-0.15, -0.1) is 11.8 Å². The summed E-state index contributed by atoms with van der Waals surface area (Å²) in [5.74, 6) is 1.28. The number of anilines is 1. The van der Waals surface area contributed by atoms with Crippen LogP contribution in [-0.4, -0.2) is 21.4 Å². The zero-order valence-electron chi connectivity index (χ0n) is 10.5. The molecule has 0 aliphatic rings. The maximum Gasteiger partial charge on any atom is 0.226 e. The predicted molar refractivity (Wildman–Crippen MR) is 78.6 cm³/mol. The van der Waals surface area contributed by atoms with Crippen LogP contribution >= 0.6 is 23.4 Å². The molecule has 1 heterocycles. The van der Waals surface area contributed by atoms with Crippen molar-refractivity contribution in [2.45, 2.75) is 11.3 Å². The lowest BCUT2D eigenvalue weighted by Gasteiger charge is -2.02. The molecule has 19 heavy (non-hydrogen) atoms. The molecule has 0 spiro atoms. The van der Waals surface area contributed by atoms with Gasteiger partial charge in [-0.05, 0) is 24.3 Å². The summed E-state index contributed by atoms with van der Waals surface area (Å²) >= 11 is 7.43. The number of nitrogens with zero attached hydrogens (tertiary/aromatic N) is 2. The number of hydrogen-bond donors (Lipinski definition) is 1. The highest BCUT2D eigenvalue weighted by atomic mass is 35.5. The largest absolute Gasteiger partial charge is 0.309 e. The molecule has 1 aromatic heterocycles. The van der Waals surface area contributed by atoms with E-state index in [0.29, 0.717) is 12.2 Å². The molecule has 2 rings (SSSR count). The molecule has 1 N–H and O–H groups in total. The molecule has 0 aliphatic carbocycles. The maximum absolute atomic E-state index is 11.7. The van der Waals surface area contributed by atoms with Crippen LogP contribution in [-0.2, 0) is 11.8 Å². The summed E-state index contributed by atoms with van der Waals surface area (Å²) in [4.78, 5) is 12.8. The highest BCUT2D eigenvalue weighted by molar-refractivity contribution is 7.99. The van der Waals surface area contributed by atoms with Crippen molar-refractivity contribution in [1.29, 1.82) is 0 Å². The van der Waals surface area contributed by atoms with E-state index in [4.69, 9.17) is 11.6 Å². The average Bonchev–Trinajstić information content (AvgIpc) is 2.77. The number of hydrogen-bond acceptors (Lipinski definition) is 3. The van der Waals surface area contributed by atoms with E-state index in [1.807, 2.05) is 31.3 Å². The van der Waals surface area contributed by atoms with Crippen molar-refractivity contribution >= 4 is 35.1 Å². The fourth-order valence-corrected chi connectivity index (χ4v) is 2.46. The number of thioether (sulfide) groups is 1. The fourth-order valence-electron chi connectivity index (χ4n) is 1.48. The number of aryl methyl sites for hydroxylation is 1. The summed E-state index contributed by atoms with van der Waals surface area (Å²) in [7, 11) is 1.81. The average molecular weight is 296 g/mol. The van der Waals surface area contributed by atoms with Crippen molar-refractivity contribution in [2.24, 2.45) is 7.05 Å². The van der Waals surface area contributed by atoms with Gasteiger partial charge in [-0.1, -0.05) is 11.6 Å². The summed E-state index contributed by atoms with van der Waals surface area (Å²) in [6.45, 7) is 0. The molecule has 1 amide bonds. The molecule has 2 aromatic rings. The van der Waals surface area contributed by atoms with Gasteiger partial charge in [-0.2, -0.15) is 5.10 Å². The minimum atomic E-state index is -0.0276. The number of nitrogens with one attached hydrogen (secondary N) is 1. The molecule has 0 saturated heterocycles. The lowest BCUT2D eigenvalue weighted by atomic mass is 10.4. The predicted octanol–water partition coefficient (Wildman–Crippen LogP) is 3.19. The monoisotopic (exact) mass is 295 g/mol. The molecule has 1 aromatic carbocycles. The quantitative estimate of drug-likeness (QED) is 0.862. The van der Waals surface area contributed by atoms with Crippen molar-refractivity contribution in [3.8, 4) is 0 Å². The number of halogens is 1. The Morgan fingerprint density at radius 1 is 1.37 bits per heavy atom. The standard InChI is InChI=1S/C13H14ClN3OS/c1-17-8-6-12(16-17)15-13(18)7-9-19-11-4-2-10(14)3-5-11/h2-6,8H,7,9H2,1H3,(H,15,16,18). The second-order valence-electron chi connectivity index (χ2n) is 3.98. The van der Waals surface area contributed by atoms with Crippen molar-refractivity contribution in [3.05, 3.63) is 41.6 Å². The molecule has 100 valence electrons. The summed E-state index contributed by atoms with van der Waals surface area (Å²) in [6.07, 6.45) is 2.24. The Bertz CT molecular complexity index is 553. The van der Waals surface area contributed by atoms with Crippen molar-refractivity contribution in [2.75, 3.05) is 11.1 Å². The number of benzene rings is 1. The van der Waals surface area contributed by atoms with Crippen molar-refractivity contribution in [3.63, 3.8) is 0 Å². The Morgan fingerprint density at radius 3 is 2.74 bits per heavy atom. The second-order valence-corrected chi connectivity index (χ2v) is 5.58.